The van der Waals surface area contributed by atoms with Crippen molar-refractivity contribution in [1.82, 2.24) is 10.2 Å². The molecule has 152 valence electrons. The van der Waals surface area contributed by atoms with Crippen LogP contribution in [0.3, 0.4) is 0 Å². The number of rotatable bonds is 3. The van der Waals surface area contributed by atoms with Crippen molar-refractivity contribution < 1.29 is 9.21 Å². The topological polar surface area (TPSA) is 69.9 Å². The zero-order valence-electron chi connectivity index (χ0n) is 16.7. The minimum absolute atomic E-state index is 0.0807. The van der Waals surface area contributed by atoms with Gasteiger partial charge in [-0.1, -0.05) is 48.5 Å². The lowest BCUT2D eigenvalue weighted by Gasteiger charge is -2.30. The van der Waals surface area contributed by atoms with Gasteiger partial charge < -0.3 is 14.6 Å². The van der Waals surface area contributed by atoms with Gasteiger partial charge in [-0.05, 0) is 35.7 Å². The van der Waals surface area contributed by atoms with E-state index in [-0.39, 0.29) is 5.91 Å². The van der Waals surface area contributed by atoms with Gasteiger partial charge in [0.05, 0.1) is 18.3 Å². The van der Waals surface area contributed by atoms with Crippen LogP contribution >= 0.6 is 0 Å². The van der Waals surface area contributed by atoms with E-state index in [1.807, 2.05) is 35.2 Å². The number of carbonyl (C=O) groups excluding carboxylic acids is 1. The van der Waals surface area contributed by atoms with Crippen molar-refractivity contribution in [3.8, 4) is 0 Å². The molecule has 6 heteroatoms. The number of aliphatic imine (C=N–C) groups is 1. The Labute approximate surface area is 175 Å². The van der Waals surface area contributed by atoms with Crippen LogP contribution in [0.4, 0.5) is 5.69 Å². The highest BCUT2D eigenvalue weighted by Crippen LogP contribution is 2.30. The summed E-state index contributed by atoms with van der Waals surface area (Å²) in [6, 6.07) is 21.9. The van der Waals surface area contributed by atoms with E-state index >= 15 is 0 Å². The molecule has 2 aliphatic rings. The van der Waals surface area contributed by atoms with Crippen molar-refractivity contribution in [3.63, 3.8) is 0 Å². The number of furan rings is 1. The molecule has 1 atom stereocenters. The van der Waals surface area contributed by atoms with Crippen molar-refractivity contribution in [3.05, 3.63) is 89.9 Å². The summed E-state index contributed by atoms with van der Waals surface area (Å²) < 4.78 is 5.33. The van der Waals surface area contributed by atoms with Crippen LogP contribution in [0.15, 0.2) is 82.4 Å². The first-order valence-corrected chi connectivity index (χ1v) is 10.3. The second-order valence-corrected chi connectivity index (χ2v) is 7.82. The van der Waals surface area contributed by atoms with Crippen molar-refractivity contribution in [2.75, 3.05) is 18.4 Å². The number of fused-ring (bicyclic) bond motifs is 1. The number of amides is 1. The van der Waals surface area contributed by atoms with E-state index in [1.54, 1.807) is 12.1 Å². The molecular formula is C24H24N4O2. The summed E-state index contributed by atoms with van der Waals surface area (Å²) in [6.45, 7) is 2.49. The molecule has 2 aromatic carbocycles. The molecule has 3 heterocycles. The lowest BCUT2D eigenvalue weighted by atomic mass is 9.96. The number of nitrogens with one attached hydrogen (secondary N) is 2. The third kappa shape index (κ3) is 3.50. The van der Waals surface area contributed by atoms with Crippen LogP contribution in [0, 0.1) is 0 Å². The maximum Gasteiger partial charge on any atom is 0.289 e. The molecule has 1 amide bonds. The van der Waals surface area contributed by atoms with Gasteiger partial charge in [0.15, 0.2) is 5.76 Å². The number of amidine groups is 1. The molecule has 1 spiro atoms. The molecule has 0 radical (unpaired) electrons. The summed E-state index contributed by atoms with van der Waals surface area (Å²) in [5.74, 6) is 1.17. The molecule has 0 bridgehead atoms. The van der Waals surface area contributed by atoms with Crippen LogP contribution in [0.5, 0.6) is 0 Å². The molecule has 5 rings (SSSR count). The van der Waals surface area contributed by atoms with Crippen LogP contribution in [-0.2, 0) is 13.1 Å². The first-order valence-electron chi connectivity index (χ1n) is 10.3. The number of hydrogen-bond donors (Lipinski definition) is 2. The molecule has 1 unspecified atom stereocenters. The Hall–Kier alpha value is -3.38. The molecule has 6 nitrogen and oxygen atoms in total. The van der Waals surface area contributed by atoms with Gasteiger partial charge in [-0.25, -0.2) is 0 Å². The third-order valence-electron chi connectivity index (χ3n) is 5.89. The average Bonchev–Trinajstić information content (AvgIpc) is 3.44. The average molecular weight is 400 g/mol. The largest absolute Gasteiger partial charge is 0.459 e. The lowest BCUT2D eigenvalue weighted by molar-refractivity contribution is 0.0754. The van der Waals surface area contributed by atoms with Gasteiger partial charge in [0.25, 0.3) is 5.91 Å². The Kier molecular flexibility index (Phi) is 4.85. The number of benzene rings is 2. The van der Waals surface area contributed by atoms with Crippen LogP contribution < -0.4 is 10.6 Å². The zero-order chi connectivity index (χ0) is 20.4. The minimum Gasteiger partial charge on any atom is -0.459 e. The Balaban J connectivity index is 1.46. The SMILES string of the molecule is O=C(c1ccco1)N1CCC2(C1)NCc1ccccc1NC2=NCc1ccccc1. The van der Waals surface area contributed by atoms with Gasteiger partial charge in [-0.3, -0.25) is 15.1 Å². The number of nitrogens with zero attached hydrogens (tertiary/aromatic N) is 2. The van der Waals surface area contributed by atoms with Gasteiger partial charge in [0, 0.05) is 25.3 Å². The van der Waals surface area contributed by atoms with Gasteiger partial charge in [0.1, 0.15) is 5.84 Å². The second-order valence-electron chi connectivity index (χ2n) is 7.82. The van der Waals surface area contributed by atoms with Crippen LogP contribution in [0.2, 0.25) is 0 Å². The van der Waals surface area contributed by atoms with Gasteiger partial charge in [0.2, 0.25) is 0 Å². The monoisotopic (exact) mass is 400 g/mol. The highest BCUT2D eigenvalue weighted by atomic mass is 16.3. The van der Waals surface area contributed by atoms with Gasteiger partial charge >= 0.3 is 0 Å². The Morgan fingerprint density at radius 1 is 1.07 bits per heavy atom. The van der Waals surface area contributed by atoms with E-state index < -0.39 is 5.54 Å². The summed E-state index contributed by atoms with van der Waals surface area (Å²) in [5.41, 5.74) is 2.99. The summed E-state index contributed by atoms with van der Waals surface area (Å²) in [7, 11) is 0. The van der Waals surface area contributed by atoms with Crippen molar-refractivity contribution in [2.45, 2.75) is 25.0 Å². The van der Waals surface area contributed by atoms with Crippen LogP contribution in [0.1, 0.15) is 28.1 Å². The van der Waals surface area contributed by atoms with E-state index in [0.29, 0.717) is 25.4 Å². The third-order valence-corrected chi connectivity index (χ3v) is 5.89. The van der Waals surface area contributed by atoms with Crippen LogP contribution in [-0.4, -0.2) is 35.3 Å². The van der Waals surface area contributed by atoms with E-state index in [9.17, 15) is 4.79 Å². The highest BCUT2D eigenvalue weighted by molar-refractivity contribution is 6.05. The van der Waals surface area contributed by atoms with Crippen molar-refractivity contribution in [2.24, 2.45) is 4.99 Å². The number of anilines is 1. The summed E-state index contributed by atoms with van der Waals surface area (Å²) in [5, 5.41) is 7.29. The first kappa shape index (κ1) is 18.6. The van der Waals surface area contributed by atoms with E-state index in [0.717, 1.165) is 30.1 Å². The Morgan fingerprint density at radius 2 is 1.90 bits per heavy atom. The fourth-order valence-electron chi connectivity index (χ4n) is 4.21. The summed E-state index contributed by atoms with van der Waals surface area (Å²) in [4.78, 5) is 19.7. The number of carbonyl (C=O) groups is 1. The van der Waals surface area contributed by atoms with E-state index in [1.165, 1.54) is 11.8 Å². The Morgan fingerprint density at radius 3 is 2.73 bits per heavy atom. The molecule has 2 aliphatic heterocycles. The molecule has 2 N–H and O–H groups in total. The predicted octanol–water partition coefficient (Wildman–Crippen LogP) is 3.68. The molecule has 1 aromatic heterocycles. The highest BCUT2D eigenvalue weighted by Gasteiger charge is 2.45. The fraction of sp³-hybridized carbons (Fsp3) is 0.250. The maximum atomic E-state index is 12.9. The lowest BCUT2D eigenvalue weighted by Crippen LogP contribution is -2.55. The zero-order valence-corrected chi connectivity index (χ0v) is 16.7. The molecule has 1 saturated heterocycles. The molecule has 0 aliphatic carbocycles. The quantitative estimate of drug-likeness (QED) is 0.704. The molecule has 1 fully saturated rings. The Bertz CT molecular complexity index is 1060. The number of para-hydroxylation sites is 1. The first-order chi connectivity index (χ1) is 14.7. The van der Waals surface area contributed by atoms with Gasteiger partial charge in [-0.2, -0.15) is 0 Å². The van der Waals surface area contributed by atoms with E-state index in [2.05, 4.69) is 34.9 Å². The predicted molar refractivity (Wildman–Crippen MR) is 116 cm³/mol. The van der Waals surface area contributed by atoms with Crippen LogP contribution in [0.25, 0.3) is 0 Å². The molecular weight excluding hydrogens is 376 g/mol. The van der Waals surface area contributed by atoms with Crippen molar-refractivity contribution in [1.29, 1.82) is 0 Å². The minimum atomic E-state index is -0.421. The summed E-state index contributed by atoms with van der Waals surface area (Å²) in [6.07, 6.45) is 2.32. The number of hydrogen-bond acceptors (Lipinski definition) is 4. The standard InChI is InChI=1S/C24H24N4O2/c29-22(21-11-6-14-30-21)28-13-12-24(17-28)23(25-15-18-7-2-1-3-8-18)27-20-10-5-4-9-19(20)16-26-24/h1-11,14,26H,12-13,15-17H2,(H,25,27). The molecule has 0 saturated carbocycles. The van der Waals surface area contributed by atoms with Crippen molar-refractivity contribution >= 4 is 17.4 Å². The maximum absolute atomic E-state index is 12.9. The normalized spacial score (nSPS) is 22.0. The second kappa shape index (κ2) is 7.80. The number of likely N-dealkylation sites (tertiary alicyclic amines) is 1. The molecule has 30 heavy (non-hydrogen) atoms. The fourth-order valence-corrected chi connectivity index (χ4v) is 4.21. The smallest absolute Gasteiger partial charge is 0.289 e. The molecule has 3 aromatic rings. The van der Waals surface area contributed by atoms with E-state index in [4.69, 9.17) is 9.41 Å². The van der Waals surface area contributed by atoms with Gasteiger partial charge in [-0.15, -0.1) is 0 Å². The summed E-state index contributed by atoms with van der Waals surface area (Å²) >= 11 is 0.